The normalized spacial score (nSPS) is 17.0. The minimum Gasteiger partial charge on any atom is -0.340 e. The summed E-state index contributed by atoms with van der Waals surface area (Å²) in [5.41, 5.74) is 0.666. The molecule has 1 aliphatic carbocycles. The van der Waals surface area contributed by atoms with Crippen LogP contribution in [0.1, 0.15) is 18.7 Å². The van der Waals surface area contributed by atoms with E-state index in [2.05, 4.69) is 32.0 Å². The first kappa shape index (κ1) is 10.1. The third-order valence-corrected chi connectivity index (χ3v) is 4.49. The molecule has 5 heteroatoms. The smallest absolute Gasteiger partial charge is 0.127 e. The second-order valence-electron chi connectivity index (χ2n) is 3.94. The van der Waals surface area contributed by atoms with Crippen LogP contribution in [-0.4, -0.2) is 9.97 Å². The van der Waals surface area contributed by atoms with Crippen LogP contribution in [-0.2, 0) is 5.41 Å². The minimum atomic E-state index is -0.327. The molecule has 2 aromatic heterocycles. The van der Waals surface area contributed by atoms with Gasteiger partial charge in [0, 0.05) is 0 Å². The summed E-state index contributed by atoms with van der Waals surface area (Å²) in [4.78, 5) is 8.71. The number of H-pyrrole nitrogens is 1. The molecule has 0 aliphatic heterocycles. The van der Waals surface area contributed by atoms with Gasteiger partial charge < -0.3 is 4.98 Å². The average Bonchev–Trinajstić information content (AvgIpc) is 2.74. The van der Waals surface area contributed by atoms with Gasteiger partial charge in [0.15, 0.2) is 0 Å². The van der Waals surface area contributed by atoms with E-state index >= 15 is 0 Å². The summed E-state index contributed by atoms with van der Waals surface area (Å²) in [6, 6.07) is 6.39. The van der Waals surface area contributed by atoms with Gasteiger partial charge in [-0.15, -0.1) is 11.3 Å². The Labute approximate surface area is 105 Å². The van der Waals surface area contributed by atoms with Crippen molar-refractivity contribution in [2.75, 3.05) is 0 Å². The standard InChI is InChI=1S/C11H8BrN3S/c12-9-2-1-8(16-9)7-5-14-10(15-7)11(6-13)3-4-11/h1-2,5H,3-4H2,(H,14,15). The highest BCUT2D eigenvalue weighted by Gasteiger charge is 2.47. The number of imidazole rings is 1. The van der Waals surface area contributed by atoms with E-state index in [9.17, 15) is 0 Å². The summed E-state index contributed by atoms with van der Waals surface area (Å²) in [6.07, 6.45) is 3.65. The van der Waals surface area contributed by atoms with Gasteiger partial charge in [-0.05, 0) is 40.9 Å². The summed E-state index contributed by atoms with van der Waals surface area (Å²) in [6.45, 7) is 0. The zero-order chi connectivity index (χ0) is 11.2. The van der Waals surface area contributed by atoms with Gasteiger partial charge in [-0.2, -0.15) is 5.26 Å². The van der Waals surface area contributed by atoms with E-state index in [1.54, 1.807) is 11.3 Å². The molecule has 0 aromatic carbocycles. The van der Waals surface area contributed by atoms with Crippen molar-refractivity contribution in [3.63, 3.8) is 0 Å². The molecule has 1 saturated carbocycles. The topological polar surface area (TPSA) is 52.5 Å². The van der Waals surface area contributed by atoms with Crippen LogP contribution >= 0.6 is 27.3 Å². The van der Waals surface area contributed by atoms with Crippen LogP contribution in [0.3, 0.4) is 0 Å². The summed E-state index contributed by atoms with van der Waals surface area (Å²) < 4.78 is 1.10. The molecule has 2 aromatic rings. The predicted molar refractivity (Wildman–Crippen MR) is 66.1 cm³/mol. The summed E-state index contributed by atoms with van der Waals surface area (Å²) in [5, 5.41) is 9.08. The molecule has 0 bridgehead atoms. The largest absolute Gasteiger partial charge is 0.340 e. The Hall–Kier alpha value is -1.12. The molecule has 2 heterocycles. The van der Waals surface area contributed by atoms with Crippen molar-refractivity contribution in [1.29, 1.82) is 5.26 Å². The maximum atomic E-state index is 9.08. The Balaban J connectivity index is 1.97. The van der Waals surface area contributed by atoms with Crippen LogP contribution in [0.5, 0.6) is 0 Å². The molecule has 0 spiro atoms. The molecule has 0 saturated heterocycles. The van der Waals surface area contributed by atoms with Crippen molar-refractivity contribution < 1.29 is 0 Å². The number of halogens is 1. The second-order valence-corrected chi connectivity index (χ2v) is 6.41. The Bertz CT molecular complexity index is 574. The zero-order valence-corrected chi connectivity index (χ0v) is 10.7. The van der Waals surface area contributed by atoms with Gasteiger partial charge in [0.05, 0.1) is 26.6 Å². The van der Waals surface area contributed by atoms with E-state index in [1.807, 2.05) is 18.3 Å². The number of aromatic amines is 1. The van der Waals surface area contributed by atoms with Crippen molar-refractivity contribution in [3.8, 4) is 16.6 Å². The molecular formula is C11H8BrN3S. The van der Waals surface area contributed by atoms with Gasteiger partial charge in [0.25, 0.3) is 0 Å². The molecule has 16 heavy (non-hydrogen) atoms. The van der Waals surface area contributed by atoms with Crippen LogP contribution in [0.4, 0.5) is 0 Å². The molecule has 1 fully saturated rings. The number of nitrogens with zero attached hydrogens (tertiary/aromatic N) is 2. The first-order valence-corrected chi connectivity index (χ1v) is 6.57. The van der Waals surface area contributed by atoms with Crippen LogP contribution in [0.2, 0.25) is 0 Å². The van der Waals surface area contributed by atoms with Crippen molar-refractivity contribution in [2.24, 2.45) is 0 Å². The molecule has 1 aliphatic rings. The molecule has 0 amide bonds. The number of hydrogen-bond acceptors (Lipinski definition) is 3. The van der Waals surface area contributed by atoms with Gasteiger partial charge >= 0.3 is 0 Å². The lowest BCUT2D eigenvalue weighted by Crippen LogP contribution is -2.04. The SMILES string of the molecule is N#CC1(c2ncc(-c3ccc(Br)s3)[nH]2)CC1. The lowest BCUT2D eigenvalue weighted by atomic mass is 10.1. The van der Waals surface area contributed by atoms with Gasteiger partial charge in [-0.3, -0.25) is 0 Å². The van der Waals surface area contributed by atoms with Gasteiger partial charge in [-0.25, -0.2) is 4.98 Å². The number of aromatic nitrogens is 2. The monoisotopic (exact) mass is 293 g/mol. The summed E-state index contributed by atoms with van der Waals surface area (Å²) >= 11 is 5.09. The second kappa shape index (κ2) is 3.44. The first-order chi connectivity index (χ1) is 7.73. The van der Waals surface area contributed by atoms with Crippen LogP contribution in [0.25, 0.3) is 10.6 Å². The number of hydrogen-bond donors (Lipinski definition) is 1. The highest BCUT2D eigenvalue weighted by atomic mass is 79.9. The van der Waals surface area contributed by atoms with Crippen molar-refractivity contribution >= 4 is 27.3 Å². The molecule has 0 atom stereocenters. The fourth-order valence-electron chi connectivity index (χ4n) is 1.68. The van der Waals surface area contributed by atoms with Gasteiger partial charge in [0.1, 0.15) is 11.2 Å². The molecule has 1 N–H and O–H groups in total. The van der Waals surface area contributed by atoms with Gasteiger partial charge in [-0.1, -0.05) is 0 Å². The number of nitrogens with one attached hydrogen (secondary N) is 1. The number of nitriles is 1. The van der Waals surface area contributed by atoms with E-state index in [4.69, 9.17) is 5.26 Å². The number of thiophene rings is 1. The fraction of sp³-hybridized carbons (Fsp3) is 0.273. The fourth-order valence-corrected chi connectivity index (χ4v) is 3.03. The van der Waals surface area contributed by atoms with Crippen molar-refractivity contribution in [1.82, 2.24) is 9.97 Å². The average molecular weight is 294 g/mol. The lowest BCUT2D eigenvalue weighted by molar-refractivity contribution is 0.822. The maximum absolute atomic E-state index is 9.08. The third kappa shape index (κ3) is 1.49. The Morgan fingerprint density at radius 2 is 2.31 bits per heavy atom. The Morgan fingerprint density at radius 3 is 2.88 bits per heavy atom. The van der Waals surface area contributed by atoms with Crippen LogP contribution in [0.15, 0.2) is 22.1 Å². The molecule has 0 radical (unpaired) electrons. The Morgan fingerprint density at radius 1 is 1.50 bits per heavy atom. The highest BCUT2D eigenvalue weighted by Crippen LogP contribution is 2.46. The summed E-state index contributed by atoms with van der Waals surface area (Å²) in [7, 11) is 0. The Kier molecular flexibility index (Phi) is 2.16. The van der Waals surface area contributed by atoms with E-state index < -0.39 is 0 Å². The molecule has 80 valence electrons. The quantitative estimate of drug-likeness (QED) is 0.922. The lowest BCUT2D eigenvalue weighted by Gasteiger charge is -1.98. The van der Waals surface area contributed by atoms with E-state index in [0.29, 0.717) is 0 Å². The van der Waals surface area contributed by atoms with Crippen LogP contribution < -0.4 is 0 Å². The van der Waals surface area contributed by atoms with Crippen LogP contribution in [0, 0.1) is 11.3 Å². The van der Waals surface area contributed by atoms with Crippen molar-refractivity contribution in [3.05, 3.63) is 27.9 Å². The highest BCUT2D eigenvalue weighted by molar-refractivity contribution is 9.11. The molecular weight excluding hydrogens is 286 g/mol. The van der Waals surface area contributed by atoms with Gasteiger partial charge in [0.2, 0.25) is 0 Å². The van der Waals surface area contributed by atoms with Crippen molar-refractivity contribution in [2.45, 2.75) is 18.3 Å². The predicted octanol–water partition coefficient (Wildman–Crippen LogP) is 3.46. The zero-order valence-electron chi connectivity index (χ0n) is 8.33. The molecule has 3 rings (SSSR count). The molecule has 0 unspecified atom stereocenters. The van der Waals surface area contributed by atoms with E-state index in [1.165, 1.54) is 0 Å². The van der Waals surface area contributed by atoms with E-state index in [0.717, 1.165) is 33.0 Å². The molecule has 3 nitrogen and oxygen atoms in total. The number of rotatable bonds is 2. The minimum absolute atomic E-state index is 0.327. The maximum Gasteiger partial charge on any atom is 0.127 e. The first-order valence-electron chi connectivity index (χ1n) is 4.96. The van der Waals surface area contributed by atoms with E-state index in [-0.39, 0.29) is 5.41 Å². The summed E-state index contributed by atoms with van der Waals surface area (Å²) in [5.74, 6) is 0.814. The third-order valence-electron chi connectivity index (χ3n) is 2.83.